The van der Waals surface area contributed by atoms with Crippen LogP contribution in [-0.4, -0.2) is 62.0 Å². The molecule has 0 spiro atoms. The molecule has 110 valence electrons. The van der Waals surface area contributed by atoms with Crippen molar-refractivity contribution in [3.8, 4) is 0 Å². The number of aliphatic carboxylic acids is 1. The molecule has 5 nitrogen and oxygen atoms in total. The van der Waals surface area contributed by atoms with Crippen molar-refractivity contribution in [3.63, 3.8) is 0 Å². The van der Waals surface area contributed by atoms with Gasteiger partial charge in [0.2, 0.25) is 0 Å². The quantitative estimate of drug-likeness (QED) is 0.673. The summed E-state index contributed by atoms with van der Waals surface area (Å²) < 4.78 is 10.3. The smallest absolute Gasteiger partial charge is 0.321 e. The van der Waals surface area contributed by atoms with Gasteiger partial charge in [0, 0.05) is 26.8 Å². The molecule has 2 aliphatic rings. The van der Waals surface area contributed by atoms with Crippen LogP contribution in [0.2, 0.25) is 0 Å². The first-order valence-corrected chi connectivity index (χ1v) is 7.27. The number of likely N-dealkylation sites (tertiary alicyclic amines) is 1. The van der Waals surface area contributed by atoms with E-state index in [-0.39, 0.29) is 6.04 Å². The second kappa shape index (κ2) is 7.22. The normalized spacial score (nSPS) is 30.7. The van der Waals surface area contributed by atoms with Gasteiger partial charge < -0.3 is 14.6 Å². The molecular formula is C14H25NO4. The van der Waals surface area contributed by atoms with Gasteiger partial charge in [0.25, 0.3) is 0 Å². The van der Waals surface area contributed by atoms with E-state index in [1.54, 1.807) is 7.11 Å². The molecule has 2 rings (SSSR count). The van der Waals surface area contributed by atoms with Crippen molar-refractivity contribution in [2.75, 3.05) is 40.0 Å². The second-order valence-electron chi connectivity index (χ2n) is 5.59. The summed E-state index contributed by atoms with van der Waals surface area (Å²) in [5.74, 6) is 0.345. The first kappa shape index (κ1) is 14.8. The summed E-state index contributed by atoms with van der Waals surface area (Å²) in [7, 11) is 1.66. The number of carboxylic acid groups (broad SMARTS) is 1. The summed E-state index contributed by atoms with van der Waals surface area (Å²) in [4.78, 5) is 13.6. The Morgan fingerprint density at radius 2 is 2.16 bits per heavy atom. The highest BCUT2D eigenvalue weighted by atomic mass is 16.5. The predicted molar refractivity (Wildman–Crippen MR) is 71.1 cm³/mol. The minimum atomic E-state index is -0.644. The number of ether oxygens (including phenoxy) is 2. The van der Waals surface area contributed by atoms with Gasteiger partial charge in [-0.05, 0) is 31.1 Å². The van der Waals surface area contributed by atoms with Gasteiger partial charge in [-0.3, -0.25) is 9.69 Å². The molecule has 0 radical (unpaired) electrons. The zero-order valence-corrected chi connectivity index (χ0v) is 11.7. The maximum atomic E-state index is 11.4. The summed E-state index contributed by atoms with van der Waals surface area (Å²) in [6.07, 6.45) is 4.39. The molecule has 1 heterocycles. The van der Waals surface area contributed by atoms with Crippen LogP contribution in [0.4, 0.5) is 0 Å². The number of hydrogen-bond donors (Lipinski definition) is 1. The third-order valence-corrected chi connectivity index (χ3v) is 4.40. The second-order valence-corrected chi connectivity index (χ2v) is 5.59. The van der Waals surface area contributed by atoms with Crippen molar-refractivity contribution in [1.82, 2.24) is 4.90 Å². The SMILES string of the molecule is COCCOCCCN1CC2CCCC2C1C(=O)O. The Kier molecular flexibility index (Phi) is 5.60. The molecule has 0 amide bonds. The molecule has 0 aromatic rings. The number of nitrogens with zero attached hydrogens (tertiary/aromatic N) is 1. The van der Waals surface area contributed by atoms with Gasteiger partial charge in [0.15, 0.2) is 0 Å². The highest BCUT2D eigenvalue weighted by Gasteiger charge is 2.47. The molecule has 3 atom stereocenters. The lowest BCUT2D eigenvalue weighted by Gasteiger charge is -2.23. The van der Waals surface area contributed by atoms with Crippen LogP contribution in [0.1, 0.15) is 25.7 Å². The maximum absolute atomic E-state index is 11.4. The van der Waals surface area contributed by atoms with E-state index in [9.17, 15) is 9.90 Å². The summed E-state index contributed by atoms with van der Waals surface area (Å²) in [6, 6.07) is -0.258. The van der Waals surface area contributed by atoms with Crippen LogP contribution < -0.4 is 0 Å². The fourth-order valence-electron chi connectivity index (χ4n) is 3.58. The zero-order chi connectivity index (χ0) is 13.7. The van der Waals surface area contributed by atoms with Crippen molar-refractivity contribution in [1.29, 1.82) is 0 Å². The van der Waals surface area contributed by atoms with Gasteiger partial charge in [0.05, 0.1) is 13.2 Å². The van der Waals surface area contributed by atoms with E-state index in [4.69, 9.17) is 9.47 Å². The molecule has 0 bridgehead atoms. The number of carbonyl (C=O) groups is 1. The average Bonchev–Trinajstić information content (AvgIpc) is 2.92. The summed E-state index contributed by atoms with van der Waals surface area (Å²) >= 11 is 0. The summed E-state index contributed by atoms with van der Waals surface area (Å²) in [5, 5.41) is 9.41. The zero-order valence-electron chi connectivity index (χ0n) is 11.7. The van der Waals surface area contributed by atoms with Crippen LogP contribution in [0.5, 0.6) is 0 Å². The molecule has 1 aliphatic carbocycles. The number of carboxylic acids is 1. The van der Waals surface area contributed by atoms with Crippen molar-refractivity contribution >= 4 is 5.97 Å². The fourth-order valence-corrected chi connectivity index (χ4v) is 3.58. The topological polar surface area (TPSA) is 59.0 Å². The van der Waals surface area contributed by atoms with E-state index in [0.29, 0.717) is 31.7 Å². The van der Waals surface area contributed by atoms with Crippen LogP contribution in [0.25, 0.3) is 0 Å². The van der Waals surface area contributed by atoms with Crippen molar-refractivity contribution in [2.45, 2.75) is 31.7 Å². The number of methoxy groups -OCH3 is 1. The third kappa shape index (κ3) is 3.68. The van der Waals surface area contributed by atoms with Gasteiger partial charge in [-0.25, -0.2) is 0 Å². The van der Waals surface area contributed by atoms with Crippen molar-refractivity contribution < 1.29 is 19.4 Å². The largest absolute Gasteiger partial charge is 0.480 e. The van der Waals surface area contributed by atoms with Gasteiger partial charge in [0.1, 0.15) is 6.04 Å². The van der Waals surface area contributed by atoms with Crippen LogP contribution >= 0.6 is 0 Å². The van der Waals surface area contributed by atoms with Crippen LogP contribution in [0.15, 0.2) is 0 Å². The molecule has 1 aliphatic heterocycles. The van der Waals surface area contributed by atoms with Gasteiger partial charge in [-0.2, -0.15) is 0 Å². The van der Waals surface area contributed by atoms with E-state index in [1.807, 2.05) is 0 Å². The molecule has 1 N–H and O–H groups in total. The third-order valence-electron chi connectivity index (χ3n) is 4.40. The minimum Gasteiger partial charge on any atom is -0.480 e. The highest BCUT2D eigenvalue weighted by molar-refractivity contribution is 5.74. The lowest BCUT2D eigenvalue weighted by Crippen LogP contribution is -2.40. The Hall–Kier alpha value is -0.650. The maximum Gasteiger partial charge on any atom is 0.321 e. The van der Waals surface area contributed by atoms with Gasteiger partial charge >= 0.3 is 5.97 Å². The lowest BCUT2D eigenvalue weighted by atomic mass is 9.94. The monoisotopic (exact) mass is 271 g/mol. The number of hydrogen-bond acceptors (Lipinski definition) is 4. The van der Waals surface area contributed by atoms with Crippen LogP contribution in [0, 0.1) is 11.8 Å². The minimum absolute atomic E-state index is 0.258. The molecule has 1 saturated heterocycles. The summed E-state index contributed by atoms with van der Waals surface area (Å²) in [5.41, 5.74) is 0. The first-order chi connectivity index (χ1) is 9.24. The molecule has 1 saturated carbocycles. The predicted octanol–water partition coefficient (Wildman–Crippen LogP) is 1.22. The Morgan fingerprint density at radius 3 is 2.89 bits per heavy atom. The Labute approximate surface area is 114 Å². The Balaban J connectivity index is 1.72. The molecule has 3 unspecified atom stereocenters. The van der Waals surface area contributed by atoms with Gasteiger partial charge in [-0.15, -0.1) is 0 Å². The standard InChI is InChI=1S/C14H25NO4/c1-18-8-9-19-7-3-6-15-10-11-4-2-5-12(11)13(15)14(16)17/h11-13H,2-10H2,1H3,(H,16,17). The molecule has 2 fully saturated rings. The van der Waals surface area contributed by atoms with E-state index in [2.05, 4.69) is 4.90 Å². The van der Waals surface area contributed by atoms with Crippen LogP contribution in [0.3, 0.4) is 0 Å². The van der Waals surface area contributed by atoms with E-state index >= 15 is 0 Å². The summed E-state index contributed by atoms with van der Waals surface area (Å²) in [6.45, 7) is 3.70. The molecule has 0 aromatic carbocycles. The van der Waals surface area contributed by atoms with E-state index < -0.39 is 5.97 Å². The highest BCUT2D eigenvalue weighted by Crippen LogP contribution is 2.42. The van der Waals surface area contributed by atoms with E-state index in [1.165, 1.54) is 12.8 Å². The Bertz CT molecular complexity index is 297. The van der Waals surface area contributed by atoms with Crippen molar-refractivity contribution in [3.05, 3.63) is 0 Å². The Morgan fingerprint density at radius 1 is 1.32 bits per heavy atom. The number of fused-ring (bicyclic) bond motifs is 1. The molecular weight excluding hydrogens is 246 g/mol. The van der Waals surface area contributed by atoms with Crippen molar-refractivity contribution in [2.24, 2.45) is 11.8 Å². The molecule has 5 heteroatoms. The average molecular weight is 271 g/mol. The van der Waals surface area contributed by atoms with Gasteiger partial charge in [-0.1, -0.05) is 6.42 Å². The van der Waals surface area contributed by atoms with Crippen LogP contribution in [-0.2, 0) is 14.3 Å². The van der Waals surface area contributed by atoms with E-state index in [0.717, 1.165) is 25.9 Å². The molecule has 0 aromatic heterocycles. The fraction of sp³-hybridized carbons (Fsp3) is 0.929. The first-order valence-electron chi connectivity index (χ1n) is 7.27. The molecule has 19 heavy (non-hydrogen) atoms. The number of rotatable bonds is 8. The lowest BCUT2D eigenvalue weighted by molar-refractivity contribution is -0.143.